The van der Waals surface area contributed by atoms with Gasteiger partial charge >= 0.3 is 0 Å². The number of aryl methyl sites for hydroxylation is 2. The molecule has 62 valence electrons. The summed E-state index contributed by atoms with van der Waals surface area (Å²) in [5.41, 5.74) is 3.13. The van der Waals surface area contributed by atoms with Crippen LogP contribution < -0.4 is 0 Å². The van der Waals surface area contributed by atoms with Crippen LogP contribution in [0.3, 0.4) is 0 Å². The second-order valence-electron chi connectivity index (χ2n) is 2.62. The highest BCUT2D eigenvalue weighted by Crippen LogP contribution is 2.20. The molecule has 1 aromatic rings. The first-order valence-electron chi connectivity index (χ1n) is 3.53. The van der Waals surface area contributed by atoms with E-state index in [-0.39, 0.29) is 14.9 Å². The van der Waals surface area contributed by atoms with Crippen LogP contribution in [-0.4, -0.2) is 0 Å². The van der Waals surface area contributed by atoms with Crippen molar-refractivity contribution in [2.75, 3.05) is 0 Å². The van der Waals surface area contributed by atoms with Gasteiger partial charge in [0.15, 0.2) is 0 Å². The standard InChI is InChI=1S/C9H10.2CH4/c1-2-5-9-7-3-6-8(9)4-1;;/h1-2,4-5H,3,6-7H2;2*1H4. The highest BCUT2D eigenvalue weighted by Gasteiger charge is 2.07. The molecule has 0 radical (unpaired) electrons. The minimum Gasteiger partial charge on any atom is -0.0776 e. The van der Waals surface area contributed by atoms with E-state index in [1.165, 1.54) is 19.3 Å². The van der Waals surface area contributed by atoms with Crippen LogP contribution in [0.25, 0.3) is 0 Å². The van der Waals surface area contributed by atoms with E-state index in [4.69, 9.17) is 0 Å². The third kappa shape index (κ3) is 1.83. The maximum absolute atomic E-state index is 2.24. The Morgan fingerprint density at radius 2 is 1.27 bits per heavy atom. The normalized spacial score (nSPS) is 12.7. The lowest BCUT2D eigenvalue weighted by atomic mass is 10.1. The number of rotatable bonds is 0. The number of hydrogen-bond donors (Lipinski definition) is 0. The second-order valence-corrected chi connectivity index (χ2v) is 2.62. The molecule has 0 N–H and O–H groups in total. The fourth-order valence-electron chi connectivity index (χ4n) is 1.51. The topological polar surface area (TPSA) is 0 Å². The first-order chi connectivity index (χ1) is 4.47. The van der Waals surface area contributed by atoms with E-state index < -0.39 is 0 Å². The van der Waals surface area contributed by atoms with Crippen LogP contribution in [0.5, 0.6) is 0 Å². The third-order valence-electron chi connectivity index (χ3n) is 2.01. The van der Waals surface area contributed by atoms with Crippen LogP contribution in [-0.2, 0) is 12.8 Å². The molecule has 0 aliphatic heterocycles. The van der Waals surface area contributed by atoms with Gasteiger partial charge in [0.05, 0.1) is 0 Å². The molecule has 0 aromatic heterocycles. The summed E-state index contributed by atoms with van der Waals surface area (Å²) in [4.78, 5) is 0. The Kier molecular flexibility index (Phi) is 3.88. The van der Waals surface area contributed by atoms with Crippen molar-refractivity contribution in [2.45, 2.75) is 34.1 Å². The van der Waals surface area contributed by atoms with Crippen molar-refractivity contribution in [3.8, 4) is 0 Å². The summed E-state index contributed by atoms with van der Waals surface area (Å²) < 4.78 is 0. The van der Waals surface area contributed by atoms with E-state index in [2.05, 4.69) is 24.3 Å². The van der Waals surface area contributed by atoms with Crippen molar-refractivity contribution >= 4 is 0 Å². The molecule has 1 aromatic carbocycles. The zero-order chi connectivity index (χ0) is 6.10. The largest absolute Gasteiger partial charge is 0.0776 e. The molecule has 0 saturated heterocycles. The SMILES string of the molecule is C.C.c1ccc2c(c1)CCC2. The predicted molar refractivity (Wildman–Crippen MR) is 51.9 cm³/mol. The number of benzene rings is 1. The van der Waals surface area contributed by atoms with Crippen molar-refractivity contribution < 1.29 is 0 Å². The Balaban J connectivity index is 0.000000500. The number of hydrogen-bond acceptors (Lipinski definition) is 0. The van der Waals surface area contributed by atoms with Crippen molar-refractivity contribution in [3.63, 3.8) is 0 Å². The van der Waals surface area contributed by atoms with Gasteiger partial charge in [0.2, 0.25) is 0 Å². The van der Waals surface area contributed by atoms with Crippen molar-refractivity contribution in [1.82, 2.24) is 0 Å². The van der Waals surface area contributed by atoms with E-state index in [1.807, 2.05) is 0 Å². The molecule has 0 atom stereocenters. The summed E-state index contributed by atoms with van der Waals surface area (Å²) in [5, 5.41) is 0. The first-order valence-corrected chi connectivity index (χ1v) is 3.53. The number of fused-ring (bicyclic) bond motifs is 1. The van der Waals surface area contributed by atoms with Crippen LogP contribution >= 0.6 is 0 Å². The maximum Gasteiger partial charge on any atom is -0.0273 e. The lowest BCUT2D eigenvalue weighted by molar-refractivity contribution is 0.912. The molecule has 0 unspecified atom stereocenters. The van der Waals surface area contributed by atoms with Gasteiger partial charge in [-0.15, -0.1) is 0 Å². The van der Waals surface area contributed by atoms with Crippen LogP contribution in [0.1, 0.15) is 32.4 Å². The molecule has 1 aliphatic rings. The summed E-state index contributed by atoms with van der Waals surface area (Å²) >= 11 is 0. The van der Waals surface area contributed by atoms with E-state index in [9.17, 15) is 0 Å². The molecule has 0 nitrogen and oxygen atoms in total. The molecular weight excluding hydrogens is 132 g/mol. The van der Waals surface area contributed by atoms with Crippen LogP contribution in [0.4, 0.5) is 0 Å². The third-order valence-corrected chi connectivity index (χ3v) is 2.01. The Morgan fingerprint density at radius 3 is 1.73 bits per heavy atom. The van der Waals surface area contributed by atoms with Gasteiger partial charge in [-0.05, 0) is 30.4 Å². The van der Waals surface area contributed by atoms with Gasteiger partial charge in [0, 0.05) is 0 Å². The molecule has 2 rings (SSSR count). The Morgan fingerprint density at radius 1 is 0.818 bits per heavy atom. The quantitative estimate of drug-likeness (QED) is 0.531. The predicted octanol–water partition coefficient (Wildman–Crippen LogP) is 3.45. The Labute approximate surface area is 70.3 Å². The zero-order valence-electron chi connectivity index (χ0n) is 5.43. The summed E-state index contributed by atoms with van der Waals surface area (Å²) in [6, 6.07) is 8.74. The van der Waals surface area contributed by atoms with Gasteiger partial charge in [0.1, 0.15) is 0 Å². The molecule has 0 bridgehead atoms. The van der Waals surface area contributed by atoms with E-state index >= 15 is 0 Å². The van der Waals surface area contributed by atoms with E-state index in [0.717, 1.165) is 0 Å². The zero-order valence-corrected chi connectivity index (χ0v) is 5.43. The molecule has 0 saturated carbocycles. The fourth-order valence-corrected chi connectivity index (χ4v) is 1.51. The Bertz CT molecular complexity index is 190. The van der Waals surface area contributed by atoms with Gasteiger partial charge in [-0.25, -0.2) is 0 Å². The van der Waals surface area contributed by atoms with Gasteiger partial charge in [-0.3, -0.25) is 0 Å². The smallest absolute Gasteiger partial charge is 0.0273 e. The fraction of sp³-hybridized carbons (Fsp3) is 0.455. The lowest BCUT2D eigenvalue weighted by Crippen LogP contribution is -1.77. The van der Waals surface area contributed by atoms with Crippen LogP contribution in [0, 0.1) is 0 Å². The monoisotopic (exact) mass is 150 g/mol. The highest BCUT2D eigenvalue weighted by atomic mass is 14.1. The average Bonchev–Trinajstić information content (AvgIpc) is 2.33. The van der Waals surface area contributed by atoms with Crippen molar-refractivity contribution in [2.24, 2.45) is 0 Å². The molecule has 0 amide bonds. The molecule has 11 heavy (non-hydrogen) atoms. The molecule has 0 heterocycles. The summed E-state index contributed by atoms with van der Waals surface area (Å²) in [6.45, 7) is 0. The van der Waals surface area contributed by atoms with Gasteiger partial charge in [-0.2, -0.15) is 0 Å². The maximum atomic E-state index is 2.24. The molecular formula is C11H18. The van der Waals surface area contributed by atoms with Gasteiger partial charge in [-0.1, -0.05) is 39.1 Å². The second kappa shape index (κ2) is 4.17. The lowest BCUT2D eigenvalue weighted by Gasteiger charge is -1.93. The minimum absolute atomic E-state index is 0. The van der Waals surface area contributed by atoms with Crippen LogP contribution in [0.15, 0.2) is 24.3 Å². The highest BCUT2D eigenvalue weighted by molar-refractivity contribution is 5.30. The molecule has 0 fully saturated rings. The molecule has 0 spiro atoms. The van der Waals surface area contributed by atoms with Gasteiger partial charge < -0.3 is 0 Å². The van der Waals surface area contributed by atoms with Gasteiger partial charge in [0.25, 0.3) is 0 Å². The van der Waals surface area contributed by atoms with Crippen molar-refractivity contribution in [1.29, 1.82) is 0 Å². The average molecular weight is 150 g/mol. The first kappa shape index (κ1) is 10.2. The summed E-state index contributed by atoms with van der Waals surface area (Å²) in [6.07, 6.45) is 3.96. The summed E-state index contributed by atoms with van der Waals surface area (Å²) in [7, 11) is 0. The molecule has 1 aliphatic carbocycles. The van der Waals surface area contributed by atoms with Crippen molar-refractivity contribution in [3.05, 3.63) is 35.4 Å². The minimum atomic E-state index is 0. The summed E-state index contributed by atoms with van der Waals surface area (Å²) in [5.74, 6) is 0. The van der Waals surface area contributed by atoms with Crippen LogP contribution in [0.2, 0.25) is 0 Å². The van der Waals surface area contributed by atoms with E-state index in [0.29, 0.717) is 0 Å². The van der Waals surface area contributed by atoms with E-state index in [1.54, 1.807) is 11.1 Å². The molecule has 0 heteroatoms. The Hall–Kier alpha value is -0.780.